The first-order valence-electron chi connectivity index (χ1n) is 10.5. The van der Waals surface area contributed by atoms with Crippen LogP contribution in [0.1, 0.15) is 47.4 Å². The van der Waals surface area contributed by atoms with Crippen LogP contribution in [0.4, 0.5) is 11.4 Å². The quantitative estimate of drug-likeness (QED) is 0.431. The van der Waals surface area contributed by atoms with Gasteiger partial charge in [-0.1, -0.05) is 43.6 Å². The lowest BCUT2D eigenvalue weighted by Crippen LogP contribution is -2.33. The van der Waals surface area contributed by atoms with E-state index in [0.29, 0.717) is 18.5 Å². The lowest BCUT2D eigenvalue weighted by atomic mass is 10.1. The summed E-state index contributed by atoms with van der Waals surface area (Å²) in [7, 11) is 0. The second-order valence-corrected chi connectivity index (χ2v) is 7.51. The van der Waals surface area contributed by atoms with Crippen molar-refractivity contribution in [1.29, 1.82) is 0 Å². The first-order valence-corrected chi connectivity index (χ1v) is 10.9. The number of esters is 2. The Bertz CT molecular complexity index is 1130. The third-order valence-corrected chi connectivity index (χ3v) is 4.98. The van der Waals surface area contributed by atoms with Crippen molar-refractivity contribution < 1.29 is 28.7 Å². The molecule has 0 fully saturated rings. The molecule has 1 heterocycles. The van der Waals surface area contributed by atoms with Gasteiger partial charge in [-0.3, -0.25) is 9.59 Å². The van der Waals surface area contributed by atoms with E-state index in [9.17, 15) is 19.2 Å². The summed E-state index contributed by atoms with van der Waals surface area (Å²) < 4.78 is 10.3. The van der Waals surface area contributed by atoms with Gasteiger partial charge in [0.05, 0.1) is 30.0 Å². The van der Waals surface area contributed by atoms with Crippen molar-refractivity contribution in [2.24, 2.45) is 0 Å². The zero-order chi connectivity index (χ0) is 24.0. The van der Waals surface area contributed by atoms with Crippen molar-refractivity contribution >= 4 is 46.7 Å². The number of para-hydroxylation sites is 1. The predicted molar refractivity (Wildman–Crippen MR) is 123 cm³/mol. The van der Waals surface area contributed by atoms with Gasteiger partial charge in [0.1, 0.15) is 10.7 Å². The Morgan fingerprint density at radius 3 is 2.27 bits per heavy atom. The SMILES string of the molecule is CCCOC(=O)c1cccc(NC2=C(Cl)C(=O)N(c3ccccc3C(=O)OCCC)C2=O)c1. The van der Waals surface area contributed by atoms with Crippen LogP contribution in [0.15, 0.2) is 59.3 Å². The summed E-state index contributed by atoms with van der Waals surface area (Å²) in [6, 6.07) is 12.4. The van der Waals surface area contributed by atoms with Crippen LogP contribution in [-0.2, 0) is 19.1 Å². The molecule has 8 nitrogen and oxygen atoms in total. The van der Waals surface area contributed by atoms with Gasteiger partial charge in [-0.2, -0.15) is 0 Å². The van der Waals surface area contributed by atoms with Gasteiger partial charge >= 0.3 is 11.9 Å². The Labute approximate surface area is 196 Å². The molecule has 9 heteroatoms. The Morgan fingerprint density at radius 1 is 0.909 bits per heavy atom. The fourth-order valence-electron chi connectivity index (χ4n) is 3.09. The van der Waals surface area contributed by atoms with Crippen LogP contribution < -0.4 is 10.2 Å². The minimum atomic E-state index is -0.779. The number of carbonyl (C=O) groups excluding carboxylic acids is 4. The highest BCUT2D eigenvalue weighted by Crippen LogP contribution is 2.32. The van der Waals surface area contributed by atoms with Gasteiger partial charge in [0.2, 0.25) is 0 Å². The second-order valence-electron chi connectivity index (χ2n) is 7.13. The molecule has 1 aliphatic heterocycles. The highest BCUT2D eigenvalue weighted by Gasteiger charge is 2.40. The topological polar surface area (TPSA) is 102 Å². The van der Waals surface area contributed by atoms with Gasteiger partial charge in [-0.25, -0.2) is 14.5 Å². The summed E-state index contributed by atoms with van der Waals surface area (Å²) in [5.41, 5.74) is 0.618. The average Bonchev–Trinajstić information content (AvgIpc) is 3.04. The molecule has 172 valence electrons. The molecule has 0 bridgehead atoms. The van der Waals surface area contributed by atoms with Crippen molar-refractivity contribution in [3.05, 3.63) is 70.4 Å². The molecule has 2 aromatic rings. The summed E-state index contributed by atoms with van der Waals surface area (Å²) in [6.07, 6.45) is 1.31. The van der Waals surface area contributed by atoms with Crippen molar-refractivity contribution in [3.8, 4) is 0 Å². The standard InChI is InChI=1S/C24H23ClN2O6/c1-3-12-32-23(30)15-8-7-9-16(14-15)26-20-19(25)21(28)27(22(20)29)18-11-6-5-10-17(18)24(31)33-13-4-2/h5-11,14,26H,3-4,12-13H2,1-2H3. The molecule has 0 aromatic heterocycles. The van der Waals surface area contributed by atoms with Gasteiger partial charge in [-0.15, -0.1) is 0 Å². The highest BCUT2D eigenvalue weighted by atomic mass is 35.5. The number of hydrogen-bond acceptors (Lipinski definition) is 7. The highest BCUT2D eigenvalue weighted by molar-refractivity contribution is 6.53. The van der Waals surface area contributed by atoms with Crippen LogP contribution in [0.25, 0.3) is 0 Å². The lowest BCUT2D eigenvalue weighted by Gasteiger charge is -2.18. The second kappa shape index (κ2) is 10.8. The zero-order valence-corrected chi connectivity index (χ0v) is 19.0. The number of hydrogen-bond donors (Lipinski definition) is 1. The zero-order valence-electron chi connectivity index (χ0n) is 18.2. The predicted octanol–water partition coefficient (Wildman–Crippen LogP) is 4.26. The van der Waals surface area contributed by atoms with Crippen LogP contribution in [-0.4, -0.2) is 37.0 Å². The van der Waals surface area contributed by atoms with Crippen molar-refractivity contribution in [3.63, 3.8) is 0 Å². The fraction of sp³-hybridized carbons (Fsp3) is 0.250. The monoisotopic (exact) mass is 470 g/mol. The van der Waals surface area contributed by atoms with Crippen LogP contribution in [0.3, 0.4) is 0 Å². The largest absolute Gasteiger partial charge is 0.462 e. The van der Waals surface area contributed by atoms with Gasteiger partial charge in [0, 0.05) is 5.69 Å². The summed E-state index contributed by atoms with van der Waals surface area (Å²) in [5.74, 6) is -2.67. The van der Waals surface area contributed by atoms with E-state index in [2.05, 4.69) is 5.32 Å². The first-order chi connectivity index (χ1) is 15.9. The van der Waals surface area contributed by atoms with Crippen LogP contribution in [0.2, 0.25) is 0 Å². The molecular weight excluding hydrogens is 448 g/mol. The summed E-state index contributed by atoms with van der Waals surface area (Å²) in [5, 5.41) is 2.48. The molecule has 2 aromatic carbocycles. The number of amides is 2. The van der Waals surface area contributed by atoms with E-state index in [4.69, 9.17) is 21.1 Å². The normalized spacial score (nSPS) is 13.4. The number of carbonyl (C=O) groups is 4. The number of ether oxygens (including phenoxy) is 2. The maximum atomic E-state index is 13.1. The number of anilines is 2. The van der Waals surface area contributed by atoms with E-state index >= 15 is 0 Å². The minimum Gasteiger partial charge on any atom is -0.462 e. The summed E-state index contributed by atoms with van der Waals surface area (Å²) in [4.78, 5) is 51.4. The number of nitrogens with one attached hydrogen (secondary N) is 1. The fourth-order valence-corrected chi connectivity index (χ4v) is 3.30. The van der Waals surface area contributed by atoms with Crippen LogP contribution >= 0.6 is 11.6 Å². The maximum Gasteiger partial charge on any atom is 0.340 e. The molecular formula is C24H23ClN2O6. The molecule has 1 aliphatic rings. The first kappa shape index (κ1) is 24.0. The van der Waals surface area contributed by atoms with E-state index in [1.807, 2.05) is 13.8 Å². The third-order valence-electron chi connectivity index (χ3n) is 4.63. The number of halogens is 1. The maximum absolute atomic E-state index is 13.1. The smallest absolute Gasteiger partial charge is 0.340 e. The molecule has 0 saturated heterocycles. The third kappa shape index (κ3) is 5.23. The Kier molecular flexibility index (Phi) is 7.84. The van der Waals surface area contributed by atoms with Crippen molar-refractivity contribution in [2.75, 3.05) is 23.4 Å². The molecule has 3 rings (SSSR count). The molecule has 1 N–H and O–H groups in total. The average molecular weight is 471 g/mol. The Balaban J connectivity index is 1.86. The summed E-state index contributed by atoms with van der Waals surface area (Å²) in [6.45, 7) is 4.23. The molecule has 0 aliphatic carbocycles. The van der Waals surface area contributed by atoms with Crippen molar-refractivity contribution in [2.45, 2.75) is 26.7 Å². The molecule has 2 amide bonds. The number of imide groups is 1. The van der Waals surface area contributed by atoms with Crippen molar-refractivity contribution in [1.82, 2.24) is 0 Å². The molecule has 0 saturated carbocycles. The molecule has 0 atom stereocenters. The van der Waals surface area contributed by atoms with Gasteiger partial charge in [0.15, 0.2) is 0 Å². The molecule has 0 spiro atoms. The minimum absolute atomic E-state index is 0.0685. The molecule has 33 heavy (non-hydrogen) atoms. The Morgan fingerprint density at radius 2 is 1.58 bits per heavy atom. The van der Waals surface area contributed by atoms with Gasteiger partial charge in [-0.05, 0) is 43.2 Å². The van der Waals surface area contributed by atoms with E-state index in [1.165, 1.54) is 18.2 Å². The van der Waals surface area contributed by atoms with E-state index in [1.54, 1.807) is 30.3 Å². The van der Waals surface area contributed by atoms with Gasteiger partial charge < -0.3 is 14.8 Å². The van der Waals surface area contributed by atoms with Gasteiger partial charge in [0.25, 0.3) is 11.8 Å². The number of nitrogens with zero attached hydrogens (tertiary/aromatic N) is 1. The Hall–Kier alpha value is -3.65. The lowest BCUT2D eigenvalue weighted by molar-refractivity contribution is -0.120. The summed E-state index contributed by atoms with van der Waals surface area (Å²) >= 11 is 6.20. The molecule has 0 unspecified atom stereocenters. The number of benzene rings is 2. The van der Waals surface area contributed by atoms with E-state index in [0.717, 1.165) is 4.90 Å². The van der Waals surface area contributed by atoms with Crippen LogP contribution in [0.5, 0.6) is 0 Å². The molecule has 0 radical (unpaired) electrons. The van der Waals surface area contributed by atoms with E-state index in [-0.39, 0.29) is 40.8 Å². The number of rotatable bonds is 9. The van der Waals surface area contributed by atoms with E-state index < -0.39 is 23.8 Å². The van der Waals surface area contributed by atoms with Crippen LogP contribution in [0, 0.1) is 0 Å².